The summed E-state index contributed by atoms with van der Waals surface area (Å²) in [5.74, 6) is -0.493. The highest BCUT2D eigenvalue weighted by Gasteiger charge is 2.30. The summed E-state index contributed by atoms with van der Waals surface area (Å²) >= 11 is 3.17. The normalized spacial score (nSPS) is 11.6. The monoisotopic (exact) mass is 433 g/mol. The first-order valence-electron chi connectivity index (χ1n) is 8.50. The number of hydrogen-bond acceptors (Lipinski definition) is 5. The van der Waals surface area contributed by atoms with Crippen molar-refractivity contribution in [3.05, 3.63) is 58.7 Å². The predicted octanol–water partition coefficient (Wildman–Crippen LogP) is 5.41. The van der Waals surface area contributed by atoms with E-state index in [1.165, 1.54) is 6.07 Å². The zero-order valence-electron chi connectivity index (χ0n) is 15.3. The lowest BCUT2D eigenvalue weighted by molar-refractivity contribution is 0.0233. The Morgan fingerprint density at radius 1 is 1.15 bits per heavy atom. The van der Waals surface area contributed by atoms with Gasteiger partial charge >= 0.3 is 6.09 Å². The standard InChI is InChI=1S/C20H20BrNO5/c1-20(2,3)27-19(24)22(18(23)16-8-9-17(21)26-16)11-10-13-12-25-15-7-5-4-6-14(13)15/h4-9,12H,10-11H2,1-3H3. The summed E-state index contributed by atoms with van der Waals surface area (Å²) in [5, 5.41) is 0.954. The Labute approximate surface area is 165 Å². The van der Waals surface area contributed by atoms with Crippen molar-refractivity contribution >= 4 is 38.9 Å². The Kier molecular flexibility index (Phi) is 5.41. The highest BCUT2D eigenvalue weighted by atomic mass is 79.9. The van der Waals surface area contributed by atoms with Crippen LogP contribution in [0.2, 0.25) is 0 Å². The summed E-state index contributed by atoms with van der Waals surface area (Å²) < 4.78 is 16.6. The van der Waals surface area contributed by atoms with Gasteiger partial charge in [-0.05, 0) is 66.9 Å². The molecule has 0 saturated carbocycles. The molecule has 0 fully saturated rings. The number of fused-ring (bicyclic) bond motifs is 1. The molecule has 3 rings (SSSR count). The number of para-hydroxylation sites is 1. The van der Waals surface area contributed by atoms with E-state index in [0.29, 0.717) is 11.1 Å². The summed E-state index contributed by atoms with van der Waals surface area (Å²) in [6.07, 6.45) is 1.36. The molecule has 0 spiro atoms. The molecule has 2 heterocycles. The molecule has 0 aliphatic carbocycles. The van der Waals surface area contributed by atoms with Gasteiger partial charge in [0.15, 0.2) is 10.4 Å². The Balaban J connectivity index is 1.82. The number of ether oxygens (including phenoxy) is 1. The van der Waals surface area contributed by atoms with Crippen molar-refractivity contribution in [3.63, 3.8) is 0 Å². The lowest BCUT2D eigenvalue weighted by Crippen LogP contribution is -2.41. The van der Waals surface area contributed by atoms with Gasteiger partial charge in [0.1, 0.15) is 11.2 Å². The van der Waals surface area contributed by atoms with E-state index in [0.717, 1.165) is 21.4 Å². The highest BCUT2D eigenvalue weighted by Crippen LogP contribution is 2.23. The van der Waals surface area contributed by atoms with Gasteiger partial charge in [0.05, 0.1) is 6.26 Å². The maximum absolute atomic E-state index is 12.8. The number of carbonyl (C=O) groups is 2. The lowest BCUT2D eigenvalue weighted by atomic mass is 10.1. The zero-order chi connectivity index (χ0) is 19.6. The van der Waals surface area contributed by atoms with Crippen molar-refractivity contribution in [3.8, 4) is 0 Å². The second-order valence-corrected chi connectivity index (χ2v) is 7.83. The minimum absolute atomic E-state index is 0.0600. The van der Waals surface area contributed by atoms with Crippen LogP contribution in [0.3, 0.4) is 0 Å². The number of rotatable bonds is 4. The third-order valence-corrected chi connectivity index (χ3v) is 4.24. The topological polar surface area (TPSA) is 72.9 Å². The average molecular weight is 434 g/mol. The predicted molar refractivity (Wildman–Crippen MR) is 104 cm³/mol. The van der Waals surface area contributed by atoms with Crippen LogP contribution in [0.15, 0.2) is 56.2 Å². The van der Waals surface area contributed by atoms with Gasteiger partial charge in [-0.3, -0.25) is 4.79 Å². The van der Waals surface area contributed by atoms with Crippen LogP contribution in [0.25, 0.3) is 11.0 Å². The molecule has 1 aromatic carbocycles. The molecule has 0 aliphatic rings. The van der Waals surface area contributed by atoms with Gasteiger partial charge in [-0.25, -0.2) is 9.69 Å². The van der Waals surface area contributed by atoms with Crippen LogP contribution in [0.4, 0.5) is 4.79 Å². The Bertz CT molecular complexity index is 966. The van der Waals surface area contributed by atoms with Crippen molar-refractivity contribution in [2.45, 2.75) is 32.8 Å². The molecule has 6 nitrogen and oxygen atoms in total. The molecule has 0 saturated heterocycles. The van der Waals surface area contributed by atoms with Crippen LogP contribution < -0.4 is 0 Å². The van der Waals surface area contributed by atoms with Crippen molar-refractivity contribution in [1.82, 2.24) is 4.90 Å². The van der Waals surface area contributed by atoms with Crippen LogP contribution in [0.5, 0.6) is 0 Å². The molecule has 0 bridgehead atoms. The molecule has 0 aliphatic heterocycles. The largest absolute Gasteiger partial charge is 0.464 e. The van der Waals surface area contributed by atoms with E-state index < -0.39 is 17.6 Å². The molecule has 2 amide bonds. The van der Waals surface area contributed by atoms with Gasteiger partial charge in [-0.15, -0.1) is 0 Å². The van der Waals surface area contributed by atoms with Crippen molar-refractivity contribution in [2.75, 3.05) is 6.54 Å². The van der Waals surface area contributed by atoms with E-state index in [-0.39, 0.29) is 12.3 Å². The Morgan fingerprint density at radius 3 is 2.56 bits per heavy atom. The molecular formula is C20H20BrNO5. The van der Waals surface area contributed by atoms with Crippen LogP contribution >= 0.6 is 15.9 Å². The third kappa shape index (κ3) is 4.60. The van der Waals surface area contributed by atoms with E-state index in [1.807, 2.05) is 24.3 Å². The fourth-order valence-electron chi connectivity index (χ4n) is 2.61. The minimum Gasteiger partial charge on any atom is -0.464 e. The van der Waals surface area contributed by atoms with Gasteiger partial charge < -0.3 is 13.6 Å². The smallest absolute Gasteiger partial charge is 0.417 e. The molecule has 7 heteroatoms. The highest BCUT2D eigenvalue weighted by molar-refractivity contribution is 9.10. The minimum atomic E-state index is -0.721. The van der Waals surface area contributed by atoms with Gasteiger partial charge in [-0.1, -0.05) is 18.2 Å². The maximum atomic E-state index is 12.8. The van der Waals surface area contributed by atoms with E-state index in [1.54, 1.807) is 33.1 Å². The summed E-state index contributed by atoms with van der Waals surface area (Å²) in [4.78, 5) is 26.5. The van der Waals surface area contributed by atoms with Crippen LogP contribution in [0, 0.1) is 0 Å². The van der Waals surface area contributed by atoms with Crippen LogP contribution in [-0.4, -0.2) is 29.0 Å². The average Bonchev–Trinajstić information content (AvgIpc) is 3.20. The molecule has 0 unspecified atom stereocenters. The summed E-state index contributed by atoms with van der Waals surface area (Å²) in [5.41, 5.74) is 0.951. The van der Waals surface area contributed by atoms with E-state index in [9.17, 15) is 9.59 Å². The second kappa shape index (κ2) is 7.60. The van der Waals surface area contributed by atoms with Gasteiger partial charge in [-0.2, -0.15) is 0 Å². The molecular weight excluding hydrogens is 414 g/mol. The summed E-state index contributed by atoms with van der Waals surface area (Å²) in [6.45, 7) is 5.39. The fraction of sp³-hybridized carbons (Fsp3) is 0.300. The maximum Gasteiger partial charge on any atom is 0.417 e. The number of nitrogens with zero attached hydrogens (tertiary/aromatic N) is 1. The first-order chi connectivity index (χ1) is 12.7. The molecule has 0 N–H and O–H groups in total. The SMILES string of the molecule is CC(C)(C)OC(=O)N(CCc1coc2ccccc12)C(=O)c1ccc(Br)o1. The van der Waals surface area contributed by atoms with E-state index in [2.05, 4.69) is 15.9 Å². The summed E-state index contributed by atoms with van der Waals surface area (Å²) in [6, 6.07) is 10.7. The third-order valence-electron chi connectivity index (χ3n) is 3.81. The quantitative estimate of drug-likeness (QED) is 0.549. The number of halogens is 1. The number of amides is 2. The number of furan rings is 2. The second-order valence-electron chi connectivity index (χ2n) is 7.05. The van der Waals surface area contributed by atoms with Gasteiger partial charge in [0.2, 0.25) is 0 Å². The first kappa shape index (κ1) is 19.2. The summed E-state index contributed by atoms with van der Waals surface area (Å²) in [7, 11) is 0. The van der Waals surface area contributed by atoms with Gasteiger partial charge in [0, 0.05) is 11.9 Å². The fourth-order valence-corrected chi connectivity index (χ4v) is 2.92. The molecule has 0 radical (unpaired) electrons. The van der Waals surface area contributed by atoms with Crippen molar-refractivity contribution in [2.24, 2.45) is 0 Å². The number of imide groups is 1. The molecule has 0 atom stereocenters. The first-order valence-corrected chi connectivity index (χ1v) is 9.29. The Hall–Kier alpha value is -2.54. The van der Waals surface area contributed by atoms with Crippen LogP contribution in [-0.2, 0) is 11.2 Å². The molecule has 2 aromatic heterocycles. The number of carbonyl (C=O) groups excluding carboxylic acids is 2. The van der Waals surface area contributed by atoms with Crippen molar-refractivity contribution in [1.29, 1.82) is 0 Å². The van der Waals surface area contributed by atoms with Crippen molar-refractivity contribution < 1.29 is 23.2 Å². The van der Waals surface area contributed by atoms with E-state index in [4.69, 9.17) is 13.6 Å². The zero-order valence-corrected chi connectivity index (χ0v) is 16.9. The van der Waals surface area contributed by atoms with Crippen LogP contribution in [0.1, 0.15) is 36.9 Å². The number of hydrogen-bond donors (Lipinski definition) is 0. The van der Waals surface area contributed by atoms with E-state index >= 15 is 0 Å². The van der Waals surface area contributed by atoms with Gasteiger partial charge in [0.25, 0.3) is 5.91 Å². The molecule has 3 aromatic rings. The molecule has 27 heavy (non-hydrogen) atoms. The lowest BCUT2D eigenvalue weighted by Gasteiger charge is -2.25. The molecule has 142 valence electrons. The Morgan fingerprint density at radius 2 is 1.89 bits per heavy atom. The number of benzene rings is 1.